The number of hydrogen-bond donors (Lipinski definition) is 1. The minimum atomic E-state index is 0.354. The van der Waals surface area contributed by atoms with Crippen LogP contribution in [-0.2, 0) is 11.2 Å². The van der Waals surface area contributed by atoms with Gasteiger partial charge < -0.3 is 4.74 Å². The Morgan fingerprint density at radius 1 is 1.57 bits per heavy atom. The van der Waals surface area contributed by atoms with Gasteiger partial charge in [-0.3, -0.25) is 5.32 Å². The average molecular weight is 209 g/mol. The molecule has 3 heteroatoms. The van der Waals surface area contributed by atoms with E-state index in [0.29, 0.717) is 12.8 Å². The molecule has 1 aromatic rings. The highest BCUT2D eigenvalue weighted by atomic mass is 32.2. The summed E-state index contributed by atoms with van der Waals surface area (Å²) in [6.45, 7) is 1.68. The summed E-state index contributed by atoms with van der Waals surface area (Å²) in [5, 5.41) is 3.19. The van der Waals surface area contributed by atoms with Gasteiger partial charge in [0, 0.05) is 11.4 Å². The van der Waals surface area contributed by atoms with Gasteiger partial charge in [-0.25, -0.2) is 0 Å². The van der Waals surface area contributed by atoms with Crippen LogP contribution in [0, 0.1) is 0 Å². The Balaban J connectivity index is 2.00. The maximum absolute atomic E-state index is 5.51. The number of rotatable bonds is 3. The van der Waals surface area contributed by atoms with Crippen LogP contribution in [0.4, 0.5) is 0 Å². The monoisotopic (exact) mass is 209 g/mol. The van der Waals surface area contributed by atoms with E-state index in [2.05, 4.69) is 35.8 Å². The van der Waals surface area contributed by atoms with E-state index in [0.717, 1.165) is 13.0 Å². The van der Waals surface area contributed by atoms with Gasteiger partial charge in [0.05, 0.1) is 12.8 Å². The van der Waals surface area contributed by atoms with Crippen molar-refractivity contribution in [2.24, 2.45) is 0 Å². The van der Waals surface area contributed by atoms with Gasteiger partial charge >= 0.3 is 0 Å². The van der Waals surface area contributed by atoms with Gasteiger partial charge in [0.15, 0.2) is 0 Å². The van der Waals surface area contributed by atoms with E-state index in [9.17, 15) is 0 Å². The van der Waals surface area contributed by atoms with Crippen LogP contribution in [0.1, 0.15) is 5.56 Å². The molecule has 0 aromatic heterocycles. The number of ether oxygens (including phenoxy) is 1. The third-order valence-electron chi connectivity index (χ3n) is 2.39. The lowest BCUT2D eigenvalue weighted by atomic mass is 10.1. The second-order valence-corrected chi connectivity index (χ2v) is 4.32. The molecule has 0 saturated carbocycles. The van der Waals surface area contributed by atoms with E-state index in [1.54, 1.807) is 11.8 Å². The molecule has 1 unspecified atom stereocenters. The highest BCUT2D eigenvalue weighted by molar-refractivity contribution is 7.98. The van der Waals surface area contributed by atoms with Crippen molar-refractivity contribution in [1.29, 1.82) is 0 Å². The Hall–Kier alpha value is -0.510. The smallest absolute Gasteiger partial charge is 0.0970 e. The summed E-state index contributed by atoms with van der Waals surface area (Å²) in [4.78, 5) is 1.33. The minimum absolute atomic E-state index is 0.354. The molecule has 0 bridgehead atoms. The molecule has 1 aliphatic heterocycles. The number of thioether (sulfide) groups is 1. The third kappa shape index (κ3) is 2.50. The second kappa shape index (κ2) is 4.82. The fourth-order valence-corrected chi connectivity index (χ4v) is 2.13. The van der Waals surface area contributed by atoms with Gasteiger partial charge in [0.25, 0.3) is 0 Å². The van der Waals surface area contributed by atoms with Gasteiger partial charge in [-0.1, -0.05) is 12.1 Å². The molecule has 2 rings (SSSR count). The Morgan fingerprint density at radius 2 is 2.50 bits per heavy atom. The van der Waals surface area contributed by atoms with Crippen LogP contribution >= 0.6 is 11.8 Å². The summed E-state index contributed by atoms with van der Waals surface area (Å²) in [5.74, 6) is 0. The number of nitrogens with one attached hydrogen (secondary N) is 1. The van der Waals surface area contributed by atoms with Gasteiger partial charge in [-0.15, -0.1) is 11.8 Å². The highest BCUT2D eigenvalue weighted by Gasteiger charge is 2.14. The summed E-state index contributed by atoms with van der Waals surface area (Å²) in [6, 6.07) is 8.67. The van der Waals surface area contributed by atoms with Crippen LogP contribution in [0.15, 0.2) is 29.2 Å². The Kier molecular flexibility index (Phi) is 3.45. The summed E-state index contributed by atoms with van der Waals surface area (Å²) < 4.78 is 5.51. The predicted molar refractivity (Wildman–Crippen MR) is 59.7 cm³/mol. The SMILES string of the molecule is CSc1cccc(CC2CNCO2)c1. The fraction of sp³-hybridized carbons (Fsp3) is 0.455. The summed E-state index contributed by atoms with van der Waals surface area (Å²) in [7, 11) is 0. The van der Waals surface area contributed by atoms with Crippen LogP contribution in [-0.4, -0.2) is 25.6 Å². The van der Waals surface area contributed by atoms with Gasteiger partial charge in [0.1, 0.15) is 0 Å². The van der Waals surface area contributed by atoms with Gasteiger partial charge in [-0.05, 0) is 30.4 Å². The molecule has 1 atom stereocenters. The topological polar surface area (TPSA) is 21.3 Å². The maximum Gasteiger partial charge on any atom is 0.0970 e. The van der Waals surface area contributed by atoms with Crippen LogP contribution in [0.2, 0.25) is 0 Å². The maximum atomic E-state index is 5.51. The Bertz CT molecular complexity index is 297. The van der Waals surface area contributed by atoms with Crippen LogP contribution in [0.5, 0.6) is 0 Å². The molecular weight excluding hydrogens is 194 g/mol. The van der Waals surface area contributed by atoms with E-state index < -0.39 is 0 Å². The van der Waals surface area contributed by atoms with Crippen LogP contribution in [0.3, 0.4) is 0 Å². The molecule has 1 aliphatic rings. The van der Waals surface area contributed by atoms with Crippen LogP contribution < -0.4 is 5.32 Å². The number of benzene rings is 1. The zero-order chi connectivity index (χ0) is 9.80. The van der Waals surface area contributed by atoms with Crippen molar-refractivity contribution in [3.05, 3.63) is 29.8 Å². The molecule has 1 heterocycles. The zero-order valence-corrected chi connectivity index (χ0v) is 9.14. The Morgan fingerprint density at radius 3 is 3.21 bits per heavy atom. The zero-order valence-electron chi connectivity index (χ0n) is 8.32. The molecule has 1 fully saturated rings. The molecule has 0 radical (unpaired) electrons. The molecule has 0 spiro atoms. The average Bonchev–Trinajstić information content (AvgIpc) is 2.71. The summed E-state index contributed by atoms with van der Waals surface area (Å²) in [6.07, 6.45) is 3.47. The normalized spacial score (nSPS) is 21.4. The first-order chi connectivity index (χ1) is 6.88. The Labute approximate surface area is 89.0 Å². The first kappa shape index (κ1) is 10.0. The van der Waals surface area contributed by atoms with Crippen molar-refractivity contribution in [1.82, 2.24) is 5.32 Å². The van der Waals surface area contributed by atoms with Crippen molar-refractivity contribution in [2.75, 3.05) is 19.5 Å². The van der Waals surface area contributed by atoms with E-state index in [1.165, 1.54) is 10.5 Å². The predicted octanol–water partition coefficient (Wildman–Crippen LogP) is 1.90. The van der Waals surface area contributed by atoms with E-state index >= 15 is 0 Å². The lowest BCUT2D eigenvalue weighted by Gasteiger charge is -2.08. The summed E-state index contributed by atoms with van der Waals surface area (Å²) in [5.41, 5.74) is 1.37. The van der Waals surface area contributed by atoms with Crippen LogP contribution in [0.25, 0.3) is 0 Å². The van der Waals surface area contributed by atoms with Crippen molar-refractivity contribution >= 4 is 11.8 Å². The van der Waals surface area contributed by atoms with Gasteiger partial charge in [-0.2, -0.15) is 0 Å². The highest BCUT2D eigenvalue weighted by Crippen LogP contribution is 2.17. The standard InChI is InChI=1S/C11H15NOS/c1-14-11-4-2-3-9(6-11)5-10-7-12-8-13-10/h2-4,6,10,12H,5,7-8H2,1H3. The fourth-order valence-electron chi connectivity index (χ4n) is 1.65. The largest absolute Gasteiger partial charge is 0.361 e. The van der Waals surface area contributed by atoms with Crippen molar-refractivity contribution in [3.8, 4) is 0 Å². The molecule has 1 saturated heterocycles. The lowest BCUT2D eigenvalue weighted by Crippen LogP contribution is -2.16. The van der Waals surface area contributed by atoms with Crippen molar-refractivity contribution in [2.45, 2.75) is 17.4 Å². The molecule has 14 heavy (non-hydrogen) atoms. The summed E-state index contributed by atoms with van der Waals surface area (Å²) >= 11 is 1.78. The second-order valence-electron chi connectivity index (χ2n) is 3.44. The number of hydrogen-bond acceptors (Lipinski definition) is 3. The first-order valence-electron chi connectivity index (χ1n) is 4.84. The van der Waals surface area contributed by atoms with E-state index in [1.807, 2.05) is 0 Å². The molecule has 0 aliphatic carbocycles. The molecule has 1 aromatic carbocycles. The van der Waals surface area contributed by atoms with Crippen molar-refractivity contribution in [3.63, 3.8) is 0 Å². The molecule has 76 valence electrons. The van der Waals surface area contributed by atoms with E-state index in [-0.39, 0.29) is 0 Å². The quantitative estimate of drug-likeness (QED) is 0.768. The molecule has 1 N–H and O–H groups in total. The molecule has 0 amide bonds. The van der Waals surface area contributed by atoms with Crippen molar-refractivity contribution < 1.29 is 4.74 Å². The molecule has 2 nitrogen and oxygen atoms in total. The minimum Gasteiger partial charge on any atom is -0.361 e. The molecular formula is C11H15NOS. The third-order valence-corrected chi connectivity index (χ3v) is 3.12. The van der Waals surface area contributed by atoms with Gasteiger partial charge in [0.2, 0.25) is 0 Å². The first-order valence-corrected chi connectivity index (χ1v) is 6.06. The lowest BCUT2D eigenvalue weighted by molar-refractivity contribution is 0.113. The van der Waals surface area contributed by atoms with E-state index in [4.69, 9.17) is 4.74 Å².